The van der Waals surface area contributed by atoms with Gasteiger partial charge in [0.2, 0.25) is 15.9 Å². The van der Waals surface area contributed by atoms with Crippen molar-refractivity contribution < 1.29 is 17.9 Å². The van der Waals surface area contributed by atoms with Gasteiger partial charge in [-0.1, -0.05) is 17.7 Å². The minimum absolute atomic E-state index is 0.0478. The van der Waals surface area contributed by atoms with Crippen molar-refractivity contribution in [3.8, 4) is 0 Å². The van der Waals surface area contributed by atoms with Crippen LogP contribution in [0.25, 0.3) is 0 Å². The Hall–Kier alpha value is -1.44. The van der Waals surface area contributed by atoms with Crippen molar-refractivity contribution in [3.05, 3.63) is 28.8 Å². The Labute approximate surface area is 137 Å². The van der Waals surface area contributed by atoms with E-state index in [0.29, 0.717) is 31.2 Å². The second-order valence-corrected chi connectivity index (χ2v) is 7.57. The number of carbonyl (C=O) groups excluding carboxylic acids is 1. The summed E-state index contributed by atoms with van der Waals surface area (Å²) >= 11 is 0. The smallest absolute Gasteiger partial charge is 0.241 e. The van der Waals surface area contributed by atoms with E-state index >= 15 is 0 Å². The third-order valence-corrected chi connectivity index (χ3v) is 5.63. The van der Waals surface area contributed by atoms with Crippen LogP contribution in [-0.2, 0) is 19.6 Å². The Morgan fingerprint density at radius 2 is 1.74 bits per heavy atom. The molecule has 2 rings (SSSR count). The van der Waals surface area contributed by atoms with Crippen LogP contribution in [0, 0.1) is 20.8 Å². The van der Waals surface area contributed by atoms with E-state index in [9.17, 15) is 13.2 Å². The molecule has 1 amide bonds. The summed E-state index contributed by atoms with van der Waals surface area (Å²) in [7, 11) is -3.61. The number of nitrogens with zero attached hydrogens (tertiary/aromatic N) is 1. The Morgan fingerprint density at radius 1 is 1.17 bits per heavy atom. The fraction of sp³-hybridized carbons (Fsp3) is 0.562. The van der Waals surface area contributed by atoms with E-state index in [1.165, 1.54) is 0 Å². The lowest BCUT2D eigenvalue weighted by molar-refractivity contribution is -0.135. The van der Waals surface area contributed by atoms with E-state index < -0.39 is 10.0 Å². The molecule has 6 nitrogen and oxygen atoms in total. The van der Waals surface area contributed by atoms with Crippen molar-refractivity contribution in [1.82, 2.24) is 9.62 Å². The number of carbonyl (C=O) groups is 1. The molecule has 1 aromatic carbocycles. The SMILES string of the molecule is Cc1cc(C)c(S(=O)(=O)NCCC(=O)N2CCOCC2)c(C)c1. The second kappa shape index (κ2) is 7.42. The van der Waals surface area contributed by atoms with Crippen LogP contribution in [0.1, 0.15) is 23.1 Å². The largest absolute Gasteiger partial charge is 0.378 e. The van der Waals surface area contributed by atoms with Crippen LogP contribution in [0.5, 0.6) is 0 Å². The molecule has 0 saturated carbocycles. The van der Waals surface area contributed by atoms with E-state index in [4.69, 9.17) is 4.74 Å². The van der Waals surface area contributed by atoms with Crippen molar-refractivity contribution in [2.75, 3.05) is 32.8 Å². The Bertz CT molecular complexity index is 656. The third-order valence-electron chi connectivity index (χ3n) is 3.87. The molecule has 0 unspecified atom stereocenters. The Morgan fingerprint density at radius 3 is 2.30 bits per heavy atom. The summed E-state index contributed by atoms with van der Waals surface area (Å²) in [6, 6.07) is 3.70. The lowest BCUT2D eigenvalue weighted by Gasteiger charge is -2.26. The first-order valence-corrected chi connectivity index (χ1v) is 9.22. The molecule has 0 atom stereocenters. The molecule has 0 spiro atoms. The first kappa shape index (κ1) is 17.9. The topological polar surface area (TPSA) is 75.7 Å². The summed E-state index contributed by atoms with van der Waals surface area (Å²) in [4.78, 5) is 14.1. The van der Waals surface area contributed by atoms with Crippen LogP contribution in [0.2, 0.25) is 0 Å². The molecule has 1 saturated heterocycles. The van der Waals surface area contributed by atoms with E-state index in [2.05, 4.69) is 4.72 Å². The number of aryl methyl sites for hydroxylation is 3. The van der Waals surface area contributed by atoms with Gasteiger partial charge in [0.15, 0.2) is 0 Å². The predicted octanol–water partition coefficient (Wildman–Crippen LogP) is 1.14. The Kier molecular flexibility index (Phi) is 5.78. The third kappa shape index (κ3) is 4.53. The number of sulfonamides is 1. The van der Waals surface area contributed by atoms with Crippen LogP contribution >= 0.6 is 0 Å². The predicted molar refractivity (Wildman–Crippen MR) is 87.9 cm³/mol. The highest BCUT2D eigenvalue weighted by atomic mass is 32.2. The van der Waals surface area contributed by atoms with Gasteiger partial charge in [0.05, 0.1) is 18.1 Å². The highest BCUT2D eigenvalue weighted by Gasteiger charge is 2.21. The molecular weight excluding hydrogens is 316 g/mol. The standard InChI is InChI=1S/C16H24N2O4S/c1-12-10-13(2)16(14(3)11-12)23(20,21)17-5-4-15(19)18-6-8-22-9-7-18/h10-11,17H,4-9H2,1-3H3. The van der Waals surface area contributed by atoms with E-state index in [1.54, 1.807) is 18.7 Å². The van der Waals surface area contributed by atoms with Gasteiger partial charge in [0.25, 0.3) is 0 Å². The van der Waals surface area contributed by atoms with Crippen molar-refractivity contribution in [1.29, 1.82) is 0 Å². The lowest BCUT2D eigenvalue weighted by atomic mass is 10.1. The van der Waals surface area contributed by atoms with Gasteiger partial charge in [-0.25, -0.2) is 13.1 Å². The van der Waals surface area contributed by atoms with E-state index in [-0.39, 0.29) is 18.9 Å². The van der Waals surface area contributed by atoms with Crippen LogP contribution < -0.4 is 4.72 Å². The van der Waals surface area contributed by atoms with E-state index in [0.717, 1.165) is 16.7 Å². The number of hydrogen-bond acceptors (Lipinski definition) is 4. The molecule has 1 aromatic rings. The van der Waals surface area contributed by atoms with Gasteiger partial charge in [0.1, 0.15) is 0 Å². The summed E-state index contributed by atoms with van der Waals surface area (Å²) in [6.45, 7) is 7.83. The van der Waals surface area contributed by atoms with Crippen molar-refractivity contribution in [2.24, 2.45) is 0 Å². The molecule has 0 aromatic heterocycles. The molecule has 0 radical (unpaired) electrons. The van der Waals surface area contributed by atoms with Gasteiger partial charge in [-0.15, -0.1) is 0 Å². The van der Waals surface area contributed by atoms with Crippen LogP contribution in [-0.4, -0.2) is 52.1 Å². The molecule has 1 N–H and O–H groups in total. The number of rotatable bonds is 5. The maximum absolute atomic E-state index is 12.5. The zero-order valence-electron chi connectivity index (χ0n) is 13.9. The number of benzene rings is 1. The number of hydrogen-bond donors (Lipinski definition) is 1. The molecule has 1 heterocycles. The van der Waals surface area contributed by atoms with Crippen molar-refractivity contribution in [2.45, 2.75) is 32.1 Å². The molecule has 1 aliphatic rings. The maximum atomic E-state index is 12.5. The zero-order chi connectivity index (χ0) is 17.0. The molecule has 0 aliphatic carbocycles. The highest BCUT2D eigenvalue weighted by molar-refractivity contribution is 7.89. The first-order valence-electron chi connectivity index (χ1n) is 7.74. The van der Waals surface area contributed by atoms with Crippen molar-refractivity contribution in [3.63, 3.8) is 0 Å². The average Bonchev–Trinajstić information content (AvgIpc) is 2.46. The number of ether oxygens (including phenoxy) is 1. The maximum Gasteiger partial charge on any atom is 0.241 e. The first-order chi connectivity index (χ1) is 10.8. The number of nitrogens with one attached hydrogen (secondary N) is 1. The van der Waals surface area contributed by atoms with Crippen molar-refractivity contribution >= 4 is 15.9 Å². The summed E-state index contributed by atoms with van der Waals surface area (Å²) < 4.78 is 32.7. The van der Waals surface area contributed by atoms with E-state index in [1.807, 2.05) is 19.1 Å². The summed E-state index contributed by atoms with van der Waals surface area (Å²) in [6.07, 6.45) is 0.156. The van der Waals surface area contributed by atoms with Crippen LogP contribution in [0.15, 0.2) is 17.0 Å². The number of morpholine rings is 1. The lowest BCUT2D eigenvalue weighted by Crippen LogP contribution is -2.42. The normalized spacial score (nSPS) is 15.7. The number of amides is 1. The van der Waals surface area contributed by atoms with Gasteiger partial charge in [0, 0.05) is 26.1 Å². The minimum Gasteiger partial charge on any atom is -0.378 e. The van der Waals surface area contributed by atoms with Gasteiger partial charge in [-0.3, -0.25) is 4.79 Å². The molecule has 1 fully saturated rings. The molecule has 0 bridgehead atoms. The highest BCUT2D eigenvalue weighted by Crippen LogP contribution is 2.21. The van der Waals surface area contributed by atoms with Crippen LogP contribution in [0.3, 0.4) is 0 Å². The quantitative estimate of drug-likeness (QED) is 0.872. The van der Waals surface area contributed by atoms with Gasteiger partial charge >= 0.3 is 0 Å². The minimum atomic E-state index is -3.61. The molecule has 23 heavy (non-hydrogen) atoms. The average molecular weight is 340 g/mol. The molecule has 7 heteroatoms. The van der Waals surface area contributed by atoms with Gasteiger partial charge in [-0.05, 0) is 31.9 Å². The Balaban J connectivity index is 1.98. The fourth-order valence-corrected chi connectivity index (χ4v) is 4.41. The monoisotopic (exact) mass is 340 g/mol. The van der Waals surface area contributed by atoms with Gasteiger partial charge < -0.3 is 9.64 Å². The molecule has 128 valence electrons. The van der Waals surface area contributed by atoms with Gasteiger partial charge in [-0.2, -0.15) is 0 Å². The fourth-order valence-electron chi connectivity index (χ4n) is 2.93. The summed E-state index contributed by atoms with van der Waals surface area (Å²) in [5, 5.41) is 0. The molecule has 1 aliphatic heterocycles. The summed E-state index contributed by atoms with van der Waals surface area (Å²) in [5.41, 5.74) is 2.46. The summed E-state index contributed by atoms with van der Waals surface area (Å²) in [5.74, 6) is -0.0478. The molecular formula is C16H24N2O4S. The zero-order valence-corrected chi connectivity index (χ0v) is 14.7. The second-order valence-electron chi connectivity index (χ2n) is 5.87. The van der Waals surface area contributed by atoms with Crippen LogP contribution in [0.4, 0.5) is 0 Å².